The average molecular weight is 315 g/mol. The minimum Gasteiger partial charge on any atom is -0.378 e. The van der Waals surface area contributed by atoms with Crippen molar-refractivity contribution in [3.63, 3.8) is 0 Å². The number of nitrogens with one attached hydrogen (secondary N) is 1. The Balaban J connectivity index is 0.00000220. The Morgan fingerprint density at radius 2 is 2.14 bits per heavy atom. The molecule has 1 saturated heterocycles. The first-order chi connectivity index (χ1) is 9.56. The van der Waals surface area contributed by atoms with Gasteiger partial charge in [-0.1, -0.05) is 0 Å². The van der Waals surface area contributed by atoms with Crippen LogP contribution >= 0.6 is 12.4 Å². The van der Waals surface area contributed by atoms with E-state index in [1.807, 2.05) is 26.0 Å². The van der Waals surface area contributed by atoms with Gasteiger partial charge in [0.1, 0.15) is 5.82 Å². The fraction of sp³-hybridized carbons (Fsp3) is 0.571. The molecular weight excluding hydrogens is 292 g/mol. The molecule has 2 heterocycles. The van der Waals surface area contributed by atoms with Crippen molar-refractivity contribution in [2.24, 2.45) is 5.73 Å². The third-order valence-electron chi connectivity index (χ3n) is 3.19. The quantitative estimate of drug-likeness (QED) is 0.876. The molecule has 0 aliphatic carbocycles. The number of carbonyl (C=O) groups excluding carboxylic acids is 1. The molecule has 1 aromatic heterocycles. The Kier molecular flexibility index (Phi) is 6.87. The molecule has 1 aliphatic heterocycles. The van der Waals surface area contributed by atoms with Crippen molar-refractivity contribution < 1.29 is 9.53 Å². The summed E-state index contributed by atoms with van der Waals surface area (Å²) in [7, 11) is 0. The van der Waals surface area contributed by atoms with E-state index in [1.165, 1.54) is 0 Å². The summed E-state index contributed by atoms with van der Waals surface area (Å²) < 4.78 is 5.33. The highest BCUT2D eigenvalue weighted by molar-refractivity contribution is 5.91. The molecule has 2 rings (SSSR count). The third kappa shape index (κ3) is 5.15. The summed E-state index contributed by atoms with van der Waals surface area (Å²) in [6.07, 6.45) is 0.310. The molecule has 0 bridgehead atoms. The number of hydrogen-bond acceptors (Lipinski definition) is 5. The summed E-state index contributed by atoms with van der Waals surface area (Å²) >= 11 is 0. The number of halogens is 1. The van der Waals surface area contributed by atoms with Crippen LogP contribution in [0.2, 0.25) is 0 Å². The molecule has 118 valence electrons. The van der Waals surface area contributed by atoms with Crippen molar-refractivity contribution in [3.8, 4) is 0 Å². The van der Waals surface area contributed by atoms with Crippen molar-refractivity contribution in [2.75, 3.05) is 36.5 Å². The smallest absolute Gasteiger partial charge is 0.225 e. The minimum absolute atomic E-state index is 0. The number of nitrogens with zero attached hydrogens (tertiary/aromatic N) is 2. The molecule has 1 aliphatic rings. The van der Waals surface area contributed by atoms with Crippen LogP contribution in [0.5, 0.6) is 0 Å². The monoisotopic (exact) mass is 314 g/mol. The topological polar surface area (TPSA) is 80.5 Å². The van der Waals surface area contributed by atoms with E-state index in [1.54, 1.807) is 0 Å². The van der Waals surface area contributed by atoms with Crippen LogP contribution in [0.3, 0.4) is 0 Å². The van der Waals surface area contributed by atoms with E-state index in [2.05, 4.69) is 15.2 Å². The highest BCUT2D eigenvalue weighted by Crippen LogP contribution is 2.19. The average Bonchev–Trinajstić information content (AvgIpc) is 2.41. The molecule has 0 aromatic carbocycles. The maximum atomic E-state index is 11.7. The lowest BCUT2D eigenvalue weighted by Crippen LogP contribution is -2.36. The molecule has 0 saturated carbocycles. The Hall–Kier alpha value is -1.37. The first kappa shape index (κ1) is 17.7. The third-order valence-corrected chi connectivity index (χ3v) is 3.19. The highest BCUT2D eigenvalue weighted by atomic mass is 35.5. The standard InChI is InChI=1S/C14H22N4O2.ClH/c1-10(15)9-14(19)17-12-3-4-13(16-11(12)2)18-5-7-20-8-6-18;/h3-4,10H,5-9,15H2,1-2H3,(H,17,19);1H. The maximum absolute atomic E-state index is 11.7. The largest absolute Gasteiger partial charge is 0.378 e. The van der Waals surface area contributed by atoms with Crippen LogP contribution in [-0.2, 0) is 9.53 Å². The van der Waals surface area contributed by atoms with Gasteiger partial charge >= 0.3 is 0 Å². The number of hydrogen-bond donors (Lipinski definition) is 2. The zero-order valence-electron chi connectivity index (χ0n) is 12.5. The number of aryl methyl sites for hydroxylation is 1. The zero-order valence-corrected chi connectivity index (χ0v) is 13.3. The summed E-state index contributed by atoms with van der Waals surface area (Å²) in [5.41, 5.74) is 7.17. The van der Waals surface area contributed by atoms with Gasteiger partial charge in [0.2, 0.25) is 5.91 Å². The van der Waals surface area contributed by atoms with Gasteiger partial charge in [-0.25, -0.2) is 4.98 Å². The van der Waals surface area contributed by atoms with E-state index in [0.29, 0.717) is 6.42 Å². The van der Waals surface area contributed by atoms with E-state index in [9.17, 15) is 4.79 Å². The molecule has 7 heteroatoms. The summed E-state index contributed by atoms with van der Waals surface area (Å²) in [6.45, 7) is 6.87. The number of carbonyl (C=O) groups is 1. The fourth-order valence-corrected chi connectivity index (χ4v) is 2.14. The summed E-state index contributed by atoms with van der Waals surface area (Å²) in [6, 6.07) is 3.68. The lowest BCUT2D eigenvalue weighted by Gasteiger charge is -2.28. The lowest BCUT2D eigenvalue weighted by molar-refractivity contribution is -0.116. The van der Waals surface area contributed by atoms with E-state index in [0.717, 1.165) is 43.5 Å². The fourth-order valence-electron chi connectivity index (χ4n) is 2.14. The molecule has 6 nitrogen and oxygen atoms in total. The number of anilines is 2. The predicted molar refractivity (Wildman–Crippen MR) is 86.2 cm³/mol. The van der Waals surface area contributed by atoms with Crippen LogP contribution in [0.15, 0.2) is 12.1 Å². The molecule has 1 atom stereocenters. The van der Waals surface area contributed by atoms with Crippen LogP contribution in [0.25, 0.3) is 0 Å². The first-order valence-electron chi connectivity index (χ1n) is 6.92. The summed E-state index contributed by atoms with van der Waals surface area (Å²) in [5.74, 6) is 0.847. The van der Waals surface area contributed by atoms with Crippen LogP contribution in [0.4, 0.5) is 11.5 Å². The second-order valence-electron chi connectivity index (χ2n) is 5.13. The molecule has 1 fully saturated rings. The molecule has 0 spiro atoms. The summed E-state index contributed by atoms with van der Waals surface area (Å²) in [4.78, 5) is 18.5. The van der Waals surface area contributed by atoms with Crippen molar-refractivity contribution in [1.29, 1.82) is 0 Å². The summed E-state index contributed by atoms with van der Waals surface area (Å²) in [5, 5.41) is 2.85. The highest BCUT2D eigenvalue weighted by Gasteiger charge is 2.14. The maximum Gasteiger partial charge on any atom is 0.225 e. The van der Waals surface area contributed by atoms with Crippen LogP contribution in [0.1, 0.15) is 19.0 Å². The van der Waals surface area contributed by atoms with Gasteiger partial charge in [-0.15, -0.1) is 12.4 Å². The number of aromatic nitrogens is 1. The Morgan fingerprint density at radius 3 is 2.71 bits per heavy atom. The molecule has 1 aromatic rings. The van der Waals surface area contributed by atoms with E-state index < -0.39 is 0 Å². The van der Waals surface area contributed by atoms with Crippen LogP contribution in [0, 0.1) is 6.92 Å². The Bertz CT molecular complexity index is 476. The Morgan fingerprint density at radius 1 is 1.48 bits per heavy atom. The van der Waals surface area contributed by atoms with E-state index >= 15 is 0 Å². The first-order valence-corrected chi connectivity index (χ1v) is 6.92. The zero-order chi connectivity index (χ0) is 14.5. The van der Waals surface area contributed by atoms with Gasteiger partial charge in [0, 0.05) is 25.6 Å². The van der Waals surface area contributed by atoms with Gasteiger partial charge in [-0.2, -0.15) is 0 Å². The van der Waals surface area contributed by atoms with Gasteiger partial charge in [0.15, 0.2) is 0 Å². The Labute approximate surface area is 131 Å². The predicted octanol–water partition coefficient (Wildman–Crippen LogP) is 1.32. The normalized spacial score (nSPS) is 16.0. The number of pyridine rings is 1. The van der Waals surface area contributed by atoms with Crippen molar-refractivity contribution in [2.45, 2.75) is 26.3 Å². The number of amides is 1. The van der Waals surface area contributed by atoms with Crippen LogP contribution in [-0.4, -0.2) is 43.2 Å². The lowest BCUT2D eigenvalue weighted by atomic mass is 10.2. The number of nitrogens with two attached hydrogens (primary N) is 1. The van der Waals surface area contributed by atoms with E-state index in [-0.39, 0.29) is 24.4 Å². The van der Waals surface area contributed by atoms with E-state index in [4.69, 9.17) is 10.5 Å². The molecular formula is C14H23ClN4O2. The number of ether oxygens (including phenoxy) is 1. The molecule has 1 unspecified atom stereocenters. The van der Waals surface area contributed by atoms with Gasteiger partial charge in [-0.3, -0.25) is 4.79 Å². The second-order valence-corrected chi connectivity index (χ2v) is 5.13. The van der Waals surface area contributed by atoms with Gasteiger partial charge in [0.25, 0.3) is 0 Å². The van der Waals surface area contributed by atoms with Crippen LogP contribution < -0.4 is 16.0 Å². The van der Waals surface area contributed by atoms with Crippen molar-refractivity contribution >= 4 is 29.8 Å². The minimum atomic E-state index is -0.143. The van der Waals surface area contributed by atoms with Gasteiger partial charge in [0.05, 0.1) is 24.6 Å². The second kappa shape index (κ2) is 8.17. The molecule has 1 amide bonds. The van der Waals surface area contributed by atoms with Gasteiger partial charge in [-0.05, 0) is 26.0 Å². The number of morpholine rings is 1. The molecule has 3 N–H and O–H groups in total. The van der Waals surface area contributed by atoms with Gasteiger partial charge < -0.3 is 20.7 Å². The number of rotatable bonds is 4. The molecule has 21 heavy (non-hydrogen) atoms. The SMILES string of the molecule is Cc1nc(N2CCOCC2)ccc1NC(=O)CC(C)N.Cl. The van der Waals surface area contributed by atoms with Crippen molar-refractivity contribution in [3.05, 3.63) is 17.8 Å². The van der Waals surface area contributed by atoms with Crippen molar-refractivity contribution in [1.82, 2.24) is 4.98 Å². The molecule has 0 radical (unpaired) electrons.